The molecule has 2 N–H and O–H groups in total. The Morgan fingerprint density at radius 2 is 1.84 bits per heavy atom. The SMILES string of the molecule is CN1C(=O)C(NC(=S)Nc2cccc(F)c2)N=C(c2ccccc2Cl)c2cc(Cl)ccc21. The van der Waals surface area contributed by atoms with Crippen molar-refractivity contribution in [3.63, 3.8) is 0 Å². The minimum Gasteiger partial charge on any atom is -0.333 e. The molecule has 1 unspecified atom stereocenters. The predicted molar refractivity (Wildman–Crippen MR) is 131 cm³/mol. The molecule has 9 heteroatoms. The Morgan fingerprint density at radius 1 is 1.06 bits per heavy atom. The molecule has 0 saturated heterocycles. The van der Waals surface area contributed by atoms with Gasteiger partial charge in [-0.15, -0.1) is 0 Å². The molecule has 1 aliphatic rings. The first-order valence-electron chi connectivity index (χ1n) is 9.57. The maximum Gasteiger partial charge on any atom is 0.272 e. The molecule has 4 rings (SSSR count). The number of benzodiazepines with no additional fused rings is 1. The molecule has 1 atom stereocenters. The number of nitrogens with one attached hydrogen (secondary N) is 2. The van der Waals surface area contributed by atoms with Gasteiger partial charge in [-0.1, -0.05) is 47.5 Å². The Labute approximate surface area is 199 Å². The number of anilines is 2. The third-order valence-corrected chi connectivity index (χ3v) is 5.66. The number of halogens is 3. The Hall–Kier alpha value is -3.00. The number of amides is 1. The molecule has 1 amide bonds. The lowest BCUT2D eigenvalue weighted by molar-refractivity contribution is -0.119. The fourth-order valence-electron chi connectivity index (χ4n) is 3.37. The smallest absolute Gasteiger partial charge is 0.272 e. The monoisotopic (exact) mass is 486 g/mol. The summed E-state index contributed by atoms with van der Waals surface area (Å²) in [5, 5.41) is 6.89. The number of aliphatic imine (C=N–C) groups is 1. The molecule has 32 heavy (non-hydrogen) atoms. The summed E-state index contributed by atoms with van der Waals surface area (Å²) in [7, 11) is 1.65. The van der Waals surface area contributed by atoms with Crippen LogP contribution in [-0.4, -0.2) is 29.9 Å². The molecule has 0 bridgehead atoms. The van der Waals surface area contributed by atoms with Gasteiger partial charge in [-0.05, 0) is 54.7 Å². The van der Waals surface area contributed by atoms with Gasteiger partial charge < -0.3 is 15.5 Å². The Morgan fingerprint density at radius 3 is 2.59 bits per heavy atom. The number of carbonyl (C=O) groups is 1. The molecule has 3 aromatic rings. The number of thiocarbonyl (C=S) groups is 1. The maximum atomic E-state index is 13.5. The van der Waals surface area contributed by atoms with Gasteiger partial charge in [0.05, 0.1) is 11.4 Å². The topological polar surface area (TPSA) is 56.7 Å². The fraction of sp³-hybridized carbons (Fsp3) is 0.0870. The highest BCUT2D eigenvalue weighted by Gasteiger charge is 2.31. The van der Waals surface area contributed by atoms with Crippen molar-refractivity contribution in [1.82, 2.24) is 5.32 Å². The molecular formula is C23H17Cl2FN4OS. The number of carbonyl (C=O) groups excluding carboxylic acids is 1. The largest absolute Gasteiger partial charge is 0.333 e. The first kappa shape index (κ1) is 22.2. The van der Waals surface area contributed by atoms with Gasteiger partial charge in [0.1, 0.15) is 5.82 Å². The van der Waals surface area contributed by atoms with Crippen LogP contribution >= 0.6 is 35.4 Å². The Bertz CT molecular complexity index is 1250. The summed E-state index contributed by atoms with van der Waals surface area (Å²) in [4.78, 5) is 19.4. The molecule has 0 radical (unpaired) electrons. The third kappa shape index (κ3) is 4.60. The summed E-state index contributed by atoms with van der Waals surface area (Å²) in [5.74, 6) is -0.742. The average Bonchev–Trinajstić information content (AvgIpc) is 2.84. The summed E-state index contributed by atoms with van der Waals surface area (Å²) >= 11 is 18.1. The van der Waals surface area contributed by atoms with Crippen LogP contribution < -0.4 is 15.5 Å². The minimum absolute atomic E-state index is 0.119. The Balaban J connectivity index is 1.75. The maximum absolute atomic E-state index is 13.5. The Kier molecular flexibility index (Phi) is 6.41. The van der Waals surface area contributed by atoms with Crippen molar-refractivity contribution in [3.05, 3.63) is 93.7 Å². The zero-order valence-corrected chi connectivity index (χ0v) is 19.1. The van der Waals surface area contributed by atoms with E-state index in [0.717, 1.165) is 0 Å². The number of fused-ring (bicyclic) bond motifs is 1. The van der Waals surface area contributed by atoms with Gasteiger partial charge >= 0.3 is 0 Å². The van der Waals surface area contributed by atoms with Crippen LogP contribution in [0, 0.1) is 5.82 Å². The van der Waals surface area contributed by atoms with Crippen LogP contribution in [0.25, 0.3) is 0 Å². The molecule has 3 aromatic carbocycles. The van der Waals surface area contributed by atoms with Gasteiger partial charge in [-0.3, -0.25) is 4.79 Å². The molecule has 0 aromatic heterocycles. The lowest BCUT2D eigenvalue weighted by atomic mass is 10.00. The molecule has 1 heterocycles. The molecule has 1 aliphatic heterocycles. The zero-order chi connectivity index (χ0) is 22.8. The van der Waals surface area contributed by atoms with Gasteiger partial charge in [0, 0.05) is 33.9 Å². The fourth-order valence-corrected chi connectivity index (χ4v) is 3.99. The van der Waals surface area contributed by atoms with Crippen LogP contribution in [0.2, 0.25) is 10.0 Å². The van der Waals surface area contributed by atoms with Gasteiger partial charge in [0.2, 0.25) is 6.17 Å². The van der Waals surface area contributed by atoms with Crippen molar-refractivity contribution < 1.29 is 9.18 Å². The highest BCUT2D eigenvalue weighted by atomic mass is 35.5. The first-order chi connectivity index (χ1) is 15.3. The number of nitrogens with zero attached hydrogens (tertiary/aromatic N) is 2. The number of hydrogen-bond acceptors (Lipinski definition) is 3. The van der Waals surface area contributed by atoms with Crippen LogP contribution in [0.15, 0.2) is 71.7 Å². The van der Waals surface area contributed by atoms with Crippen LogP contribution in [0.3, 0.4) is 0 Å². The highest BCUT2D eigenvalue weighted by Crippen LogP contribution is 2.31. The molecule has 162 valence electrons. The second-order valence-corrected chi connectivity index (χ2v) is 8.28. The quantitative estimate of drug-likeness (QED) is 0.495. The van der Waals surface area contributed by atoms with Crippen LogP contribution in [0.5, 0.6) is 0 Å². The number of hydrogen-bond donors (Lipinski definition) is 2. The lowest BCUT2D eigenvalue weighted by Crippen LogP contribution is -2.47. The van der Waals surface area contributed by atoms with Crippen LogP contribution in [-0.2, 0) is 4.79 Å². The molecule has 0 spiro atoms. The standard InChI is InChI=1S/C23H17Cl2FN4OS/c1-30-19-10-9-13(24)11-17(19)20(16-7-2-3-8-18(16)25)28-21(22(30)31)29-23(32)27-15-6-4-5-14(26)12-15/h2-12,21H,1H3,(H2,27,29,32). The summed E-state index contributed by atoms with van der Waals surface area (Å²) in [6, 6.07) is 18.3. The minimum atomic E-state index is -1.05. The van der Waals surface area contributed by atoms with Crippen LogP contribution in [0.4, 0.5) is 15.8 Å². The van der Waals surface area contributed by atoms with E-state index < -0.39 is 12.0 Å². The van der Waals surface area contributed by atoms with Gasteiger partial charge in [0.25, 0.3) is 5.91 Å². The number of rotatable bonds is 3. The van der Waals surface area contributed by atoms with Gasteiger partial charge in [-0.2, -0.15) is 0 Å². The lowest BCUT2D eigenvalue weighted by Gasteiger charge is -2.22. The molecule has 0 saturated carbocycles. The van der Waals surface area contributed by atoms with Crippen molar-refractivity contribution >= 4 is 63.5 Å². The van der Waals surface area contributed by atoms with E-state index in [9.17, 15) is 9.18 Å². The molecular weight excluding hydrogens is 470 g/mol. The van der Waals surface area contributed by atoms with E-state index in [-0.39, 0.29) is 11.0 Å². The van der Waals surface area contributed by atoms with Crippen molar-refractivity contribution in [2.24, 2.45) is 4.99 Å². The van der Waals surface area contributed by atoms with E-state index in [1.807, 2.05) is 18.2 Å². The highest BCUT2D eigenvalue weighted by molar-refractivity contribution is 7.80. The van der Waals surface area contributed by atoms with E-state index in [2.05, 4.69) is 15.6 Å². The van der Waals surface area contributed by atoms with Gasteiger partial charge in [0.15, 0.2) is 5.11 Å². The second kappa shape index (κ2) is 9.24. The van der Waals surface area contributed by atoms with E-state index in [1.54, 1.807) is 43.4 Å². The number of benzene rings is 3. The van der Waals surface area contributed by atoms with E-state index in [1.165, 1.54) is 17.0 Å². The van der Waals surface area contributed by atoms with Crippen molar-refractivity contribution in [3.8, 4) is 0 Å². The zero-order valence-electron chi connectivity index (χ0n) is 16.8. The normalized spacial score (nSPS) is 15.5. The summed E-state index contributed by atoms with van der Waals surface area (Å²) in [6.45, 7) is 0. The summed E-state index contributed by atoms with van der Waals surface area (Å²) < 4.78 is 13.5. The van der Waals surface area contributed by atoms with Gasteiger partial charge in [-0.25, -0.2) is 9.38 Å². The van der Waals surface area contributed by atoms with E-state index >= 15 is 0 Å². The average molecular weight is 487 g/mol. The van der Waals surface area contributed by atoms with E-state index in [4.69, 9.17) is 35.4 Å². The summed E-state index contributed by atoms with van der Waals surface area (Å²) in [5.41, 5.74) is 2.89. The number of likely N-dealkylation sites (N-methyl/N-ethyl adjacent to an activating group) is 1. The van der Waals surface area contributed by atoms with Crippen molar-refractivity contribution in [2.45, 2.75) is 6.17 Å². The predicted octanol–water partition coefficient (Wildman–Crippen LogP) is 5.26. The summed E-state index contributed by atoms with van der Waals surface area (Å²) in [6.07, 6.45) is -1.05. The first-order valence-corrected chi connectivity index (χ1v) is 10.7. The second-order valence-electron chi connectivity index (χ2n) is 7.03. The molecule has 0 aliphatic carbocycles. The van der Waals surface area contributed by atoms with Crippen LogP contribution in [0.1, 0.15) is 11.1 Å². The molecule has 5 nitrogen and oxygen atoms in total. The third-order valence-electron chi connectivity index (χ3n) is 4.88. The van der Waals surface area contributed by atoms with Crippen molar-refractivity contribution in [1.29, 1.82) is 0 Å². The molecule has 0 fully saturated rings. The van der Waals surface area contributed by atoms with Crippen molar-refractivity contribution in [2.75, 3.05) is 17.3 Å². The van der Waals surface area contributed by atoms with E-state index in [0.29, 0.717) is 38.3 Å².